The Kier molecular flexibility index (Phi) is 22.2. The second kappa shape index (κ2) is 22.6. The Morgan fingerprint density at radius 3 is 1.13 bits per heavy atom. The largest absolute Gasteiger partial charge is 0.550 e. The highest BCUT2D eigenvalue weighted by Crippen LogP contribution is 2.15. The highest BCUT2D eigenvalue weighted by atomic mass is 16.4. The zero-order chi connectivity index (χ0) is 23.0. The maximum absolute atomic E-state index is 10.5. The van der Waals surface area contributed by atoms with Gasteiger partial charge in [-0.2, -0.15) is 0 Å². The predicted molar refractivity (Wildman–Crippen MR) is 134 cm³/mol. The van der Waals surface area contributed by atoms with Gasteiger partial charge in [0.2, 0.25) is 0 Å². The van der Waals surface area contributed by atoms with Crippen LogP contribution in [0, 0.1) is 0 Å². The number of unbranched alkanes of at least 4 members (excludes halogenated alkanes) is 19. The molecule has 0 aromatic rings. The Morgan fingerprint density at radius 1 is 0.516 bits per heavy atom. The molecule has 0 unspecified atom stereocenters. The SMILES string of the molecule is CCCCCCCCCCCCCCCCCCCCCC[N+](C)(C)CCCC(=O)[O-]. The molecule has 0 spiro atoms. The molecule has 0 N–H and O–H groups in total. The second-order valence-electron chi connectivity index (χ2n) is 10.6. The van der Waals surface area contributed by atoms with Crippen molar-refractivity contribution in [3.63, 3.8) is 0 Å². The van der Waals surface area contributed by atoms with Crippen molar-refractivity contribution < 1.29 is 14.4 Å². The third-order valence-corrected chi connectivity index (χ3v) is 6.76. The number of rotatable bonds is 25. The number of hydrogen-bond donors (Lipinski definition) is 0. The summed E-state index contributed by atoms with van der Waals surface area (Å²) in [6, 6.07) is 0. The molecule has 31 heavy (non-hydrogen) atoms. The molecule has 0 aromatic heterocycles. The van der Waals surface area contributed by atoms with Crippen LogP contribution in [0.1, 0.15) is 148 Å². The molecule has 0 amide bonds. The third kappa shape index (κ3) is 25.6. The van der Waals surface area contributed by atoms with Crippen molar-refractivity contribution in [2.24, 2.45) is 0 Å². The van der Waals surface area contributed by atoms with Crippen molar-refractivity contribution in [3.05, 3.63) is 0 Å². The van der Waals surface area contributed by atoms with Gasteiger partial charge in [0.25, 0.3) is 0 Å². The zero-order valence-electron chi connectivity index (χ0n) is 21.7. The van der Waals surface area contributed by atoms with Gasteiger partial charge in [0.15, 0.2) is 0 Å². The van der Waals surface area contributed by atoms with E-state index >= 15 is 0 Å². The maximum atomic E-state index is 10.5. The molecule has 186 valence electrons. The van der Waals surface area contributed by atoms with Crippen LogP contribution in [-0.2, 0) is 4.79 Å². The van der Waals surface area contributed by atoms with Gasteiger partial charge >= 0.3 is 0 Å². The van der Waals surface area contributed by atoms with Crippen LogP contribution in [0.25, 0.3) is 0 Å². The predicted octanol–water partition coefficient (Wildman–Crippen LogP) is 7.41. The highest BCUT2D eigenvalue weighted by Gasteiger charge is 2.13. The molecule has 0 fully saturated rings. The van der Waals surface area contributed by atoms with Crippen LogP contribution in [0.3, 0.4) is 0 Å². The molecule has 0 bridgehead atoms. The van der Waals surface area contributed by atoms with Gasteiger partial charge in [-0.05, 0) is 19.3 Å². The van der Waals surface area contributed by atoms with Crippen molar-refractivity contribution in [1.82, 2.24) is 0 Å². The minimum atomic E-state index is -0.918. The number of carbonyl (C=O) groups excluding carboxylic acids is 1. The summed E-state index contributed by atoms with van der Waals surface area (Å²) in [7, 11) is 4.43. The van der Waals surface area contributed by atoms with Gasteiger partial charge in [0.1, 0.15) is 0 Å². The molecule has 0 heterocycles. The number of aliphatic carboxylic acids is 1. The Hall–Kier alpha value is -0.570. The smallest absolute Gasteiger partial charge is 0.0786 e. The summed E-state index contributed by atoms with van der Waals surface area (Å²) < 4.78 is 0.937. The fourth-order valence-electron chi connectivity index (χ4n) is 4.56. The molecule has 3 heteroatoms. The topological polar surface area (TPSA) is 40.1 Å². The molecule has 0 atom stereocenters. The first-order valence-electron chi connectivity index (χ1n) is 14.0. The lowest BCUT2D eigenvalue weighted by Crippen LogP contribution is -2.41. The Bertz CT molecular complexity index is 381. The van der Waals surface area contributed by atoms with Crippen LogP contribution >= 0.6 is 0 Å². The van der Waals surface area contributed by atoms with E-state index in [4.69, 9.17) is 0 Å². The van der Waals surface area contributed by atoms with E-state index in [2.05, 4.69) is 21.0 Å². The van der Waals surface area contributed by atoms with Gasteiger partial charge in [0.05, 0.1) is 27.2 Å². The van der Waals surface area contributed by atoms with Gasteiger partial charge in [-0.3, -0.25) is 0 Å². The number of carboxylic acids is 1. The van der Waals surface area contributed by atoms with Crippen LogP contribution in [0.2, 0.25) is 0 Å². The molecule has 0 aromatic carbocycles. The van der Waals surface area contributed by atoms with Crippen LogP contribution < -0.4 is 5.11 Å². The minimum absolute atomic E-state index is 0.195. The number of hydrogen-bond acceptors (Lipinski definition) is 2. The van der Waals surface area contributed by atoms with Crippen LogP contribution in [0.5, 0.6) is 0 Å². The summed E-state index contributed by atoms with van der Waals surface area (Å²) in [6.45, 7) is 4.39. The lowest BCUT2D eigenvalue weighted by molar-refractivity contribution is -0.890. The third-order valence-electron chi connectivity index (χ3n) is 6.76. The van der Waals surface area contributed by atoms with Crippen LogP contribution in [0.4, 0.5) is 0 Å². The number of carbonyl (C=O) groups is 1. The Labute approximate surface area is 196 Å². The van der Waals surface area contributed by atoms with Crippen molar-refractivity contribution in [3.8, 4) is 0 Å². The summed E-state index contributed by atoms with van der Waals surface area (Å²) >= 11 is 0. The fraction of sp³-hybridized carbons (Fsp3) is 0.964. The van der Waals surface area contributed by atoms with E-state index in [1.54, 1.807) is 0 Å². The number of quaternary nitrogens is 1. The lowest BCUT2D eigenvalue weighted by Gasteiger charge is -2.30. The summed E-state index contributed by atoms with van der Waals surface area (Å²) in [4.78, 5) is 10.5. The highest BCUT2D eigenvalue weighted by molar-refractivity contribution is 5.64. The van der Waals surface area contributed by atoms with Gasteiger partial charge < -0.3 is 14.4 Å². The second-order valence-corrected chi connectivity index (χ2v) is 10.6. The van der Waals surface area contributed by atoms with E-state index in [0.29, 0.717) is 0 Å². The van der Waals surface area contributed by atoms with E-state index in [-0.39, 0.29) is 6.42 Å². The Morgan fingerprint density at radius 2 is 0.806 bits per heavy atom. The van der Waals surface area contributed by atoms with Crippen LogP contribution in [-0.4, -0.2) is 37.6 Å². The average molecular weight is 440 g/mol. The molecule has 3 nitrogen and oxygen atoms in total. The normalized spacial score (nSPS) is 11.8. The molecule has 0 aliphatic carbocycles. The van der Waals surface area contributed by atoms with E-state index in [1.165, 1.54) is 128 Å². The van der Waals surface area contributed by atoms with E-state index < -0.39 is 5.97 Å². The monoisotopic (exact) mass is 439 g/mol. The van der Waals surface area contributed by atoms with Crippen LogP contribution in [0.15, 0.2) is 0 Å². The molecule has 0 rings (SSSR count). The van der Waals surface area contributed by atoms with Gasteiger partial charge in [-0.15, -0.1) is 0 Å². The van der Waals surface area contributed by atoms with E-state index in [1.807, 2.05) is 0 Å². The van der Waals surface area contributed by atoms with E-state index in [0.717, 1.165) is 24.0 Å². The minimum Gasteiger partial charge on any atom is -0.550 e. The standard InChI is InChI=1S/C28H57NO2/c1-4-5-6-7-8-9-10-11-12-13-14-15-16-17-18-19-20-21-22-23-26-29(2,3)27-24-25-28(30)31/h4-27H2,1-3H3. The van der Waals surface area contributed by atoms with Crippen molar-refractivity contribution in [1.29, 1.82) is 0 Å². The quantitative estimate of drug-likeness (QED) is 0.110. The van der Waals surface area contributed by atoms with Crippen molar-refractivity contribution in [2.75, 3.05) is 27.2 Å². The summed E-state index contributed by atoms with van der Waals surface area (Å²) in [6.07, 6.45) is 29.3. The molecular formula is C28H57NO2. The maximum Gasteiger partial charge on any atom is 0.0786 e. The molecule has 0 aliphatic rings. The average Bonchev–Trinajstić information content (AvgIpc) is 2.72. The van der Waals surface area contributed by atoms with Gasteiger partial charge in [0, 0.05) is 12.4 Å². The Balaban J connectivity index is 3.19. The van der Waals surface area contributed by atoms with Crippen molar-refractivity contribution in [2.45, 2.75) is 148 Å². The van der Waals surface area contributed by atoms with E-state index in [9.17, 15) is 9.90 Å². The summed E-state index contributed by atoms with van der Waals surface area (Å²) in [5.74, 6) is -0.918. The first kappa shape index (κ1) is 30.4. The molecule has 0 saturated heterocycles. The molecule has 0 radical (unpaired) electrons. The lowest BCUT2D eigenvalue weighted by atomic mass is 10.0. The van der Waals surface area contributed by atoms with Crippen molar-refractivity contribution >= 4 is 5.97 Å². The first-order chi connectivity index (χ1) is 15.0. The first-order valence-corrected chi connectivity index (χ1v) is 14.0. The zero-order valence-corrected chi connectivity index (χ0v) is 21.7. The fourth-order valence-corrected chi connectivity index (χ4v) is 4.56. The number of nitrogens with zero attached hydrogens (tertiary/aromatic N) is 1. The molecule has 0 saturated carbocycles. The van der Waals surface area contributed by atoms with Gasteiger partial charge in [-0.25, -0.2) is 0 Å². The summed E-state index contributed by atoms with van der Waals surface area (Å²) in [5, 5.41) is 10.5. The summed E-state index contributed by atoms with van der Waals surface area (Å²) in [5.41, 5.74) is 0. The number of carboxylic acid groups (broad SMARTS) is 1. The molecular weight excluding hydrogens is 382 g/mol. The molecule has 0 aliphatic heterocycles. The van der Waals surface area contributed by atoms with Gasteiger partial charge in [-0.1, -0.05) is 122 Å².